The number of rotatable bonds is 6. The minimum atomic E-state index is -0.144. The van der Waals surface area contributed by atoms with Crippen molar-refractivity contribution >= 4 is 17.3 Å². The first-order valence-electron chi connectivity index (χ1n) is 6.83. The molecular formula is C15H25N3O. The smallest absolute Gasteiger partial charge is 0.241 e. The van der Waals surface area contributed by atoms with Crippen LogP contribution in [-0.4, -0.2) is 30.4 Å². The van der Waals surface area contributed by atoms with Gasteiger partial charge in [0.25, 0.3) is 0 Å². The van der Waals surface area contributed by atoms with Crippen LogP contribution in [0.3, 0.4) is 0 Å². The third kappa shape index (κ3) is 4.56. The van der Waals surface area contributed by atoms with E-state index in [0.29, 0.717) is 5.69 Å². The number of nitrogens with one attached hydrogen (secondary N) is 1. The molecule has 3 N–H and O–H groups in total. The maximum absolute atomic E-state index is 12.1. The molecule has 1 aromatic carbocycles. The third-order valence-corrected chi connectivity index (χ3v) is 3.45. The molecule has 0 saturated heterocycles. The Hall–Kier alpha value is -1.55. The Labute approximate surface area is 116 Å². The summed E-state index contributed by atoms with van der Waals surface area (Å²) in [5.74, 6) is 0.00172. The molecule has 0 radical (unpaired) electrons. The highest BCUT2D eigenvalue weighted by Crippen LogP contribution is 2.17. The lowest BCUT2D eigenvalue weighted by atomic mass is 10.1. The van der Waals surface area contributed by atoms with E-state index in [1.165, 1.54) is 0 Å². The highest BCUT2D eigenvalue weighted by molar-refractivity contribution is 5.95. The number of unbranched alkanes of at least 4 members (excludes halogenated alkanes) is 1. The van der Waals surface area contributed by atoms with Crippen LogP contribution >= 0.6 is 0 Å². The van der Waals surface area contributed by atoms with Gasteiger partial charge in [-0.25, -0.2) is 0 Å². The molecule has 4 heteroatoms. The first-order chi connectivity index (χ1) is 8.95. The summed E-state index contributed by atoms with van der Waals surface area (Å²) in [5, 5.41) is 2.91. The molecule has 1 atom stereocenters. The van der Waals surface area contributed by atoms with E-state index in [1.807, 2.05) is 33.0 Å². The summed E-state index contributed by atoms with van der Waals surface area (Å²) >= 11 is 0. The maximum Gasteiger partial charge on any atom is 0.241 e. The standard InChI is InChI=1S/C15H25N3O/c1-5-6-9-18(4)12(3)15(19)17-13-8-7-11(2)14(16)10-13/h7-8,10,12H,5-6,9,16H2,1-4H3,(H,17,19). The number of nitrogen functional groups attached to an aromatic ring is 1. The van der Waals surface area contributed by atoms with Crippen molar-refractivity contribution in [3.8, 4) is 0 Å². The average molecular weight is 263 g/mol. The number of anilines is 2. The van der Waals surface area contributed by atoms with E-state index < -0.39 is 0 Å². The van der Waals surface area contributed by atoms with Gasteiger partial charge in [-0.2, -0.15) is 0 Å². The topological polar surface area (TPSA) is 58.4 Å². The fourth-order valence-electron chi connectivity index (χ4n) is 1.77. The van der Waals surface area contributed by atoms with Crippen LogP contribution < -0.4 is 11.1 Å². The fourth-order valence-corrected chi connectivity index (χ4v) is 1.77. The van der Waals surface area contributed by atoms with Gasteiger partial charge in [0.1, 0.15) is 0 Å². The van der Waals surface area contributed by atoms with Gasteiger partial charge in [0.15, 0.2) is 0 Å². The van der Waals surface area contributed by atoms with Crippen molar-refractivity contribution in [1.29, 1.82) is 0 Å². The Balaban J connectivity index is 2.60. The molecular weight excluding hydrogens is 238 g/mol. The summed E-state index contributed by atoms with van der Waals surface area (Å²) in [6.45, 7) is 6.94. The van der Waals surface area contributed by atoms with Crippen molar-refractivity contribution in [1.82, 2.24) is 4.90 Å². The number of hydrogen-bond acceptors (Lipinski definition) is 3. The number of carbonyl (C=O) groups is 1. The second-order valence-corrected chi connectivity index (χ2v) is 5.07. The maximum atomic E-state index is 12.1. The molecule has 1 aromatic rings. The Kier molecular flexibility index (Phi) is 5.83. The highest BCUT2D eigenvalue weighted by Gasteiger charge is 2.17. The van der Waals surface area contributed by atoms with Gasteiger partial charge >= 0.3 is 0 Å². The molecule has 1 amide bonds. The molecule has 0 aliphatic heterocycles. The number of nitrogens with two attached hydrogens (primary N) is 1. The van der Waals surface area contributed by atoms with Gasteiger partial charge < -0.3 is 11.1 Å². The van der Waals surface area contributed by atoms with Crippen LogP contribution in [0.25, 0.3) is 0 Å². The van der Waals surface area contributed by atoms with E-state index in [0.717, 1.165) is 30.6 Å². The lowest BCUT2D eigenvalue weighted by Crippen LogP contribution is -2.40. The Morgan fingerprint density at radius 2 is 2.16 bits per heavy atom. The zero-order valence-corrected chi connectivity index (χ0v) is 12.4. The molecule has 4 nitrogen and oxygen atoms in total. The second kappa shape index (κ2) is 7.14. The Bertz CT molecular complexity index is 431. The van der Waals surface area contributed by atoms with Crippen LogP contribution in [0.4, 0.5) is 11.4 Å². The van der Waals surface area contributed by atoms with Crippen molar-refractivity contribution in [2.45, 2.75) is 39.7 Å². The number of amides is 1. The van der Waals surface area contributed by atoms with Crippen molar-refractivity contribution in [3.05, 3.63) is 23.8 Å². The lowest BCUT2D eigenvalue weighted by Gasteiger charge is -2.23. The van der Waals surface area contributed by atoms with Crippen LogP contribution in [0.2, 0.25) is 0 Å². The van der Waals surface area contributed by atoms with Crippen LogP contribution in [0.5, 0.6) is 0 Å². The molecule has 106 valence electrons. The van der Waals surface area contributed by atoms with Crippen LogP contribution in [0, 0.1) is 6.92 Å². The number of carbonyl (C=O) groups excluding carboxylic acids is 1. The third-order valence-electron chi connectivity index (χ3n) is 3.45. The van der Waals surface area contributed by atoms with E-state index in [-0.39, 0.29) is 11.9 Å². The molecule has 0 fully saturated rings. The Morgan fingerprint density at radius 3 is 2.74 bits per heavy atom. The van der Waals surface area contributed by atoms with Crippen LogP contribution in [0.15, 0.2) is 18.2 Å². The van der Waals surface area contributed by atoms with E-state index in [4.69, 9.17) is 5.73 Å². The monoisotopic (exact) mass is 263 g/mol. The van der Waals surface area contributed by atoms with Crippen molar-refractivity contribution in [2.75, 3.05) is 24.6 Å². The number of likely N-dealkylation sites (N-methyl/N-ethyl adjacent to an activating group) is 1. The molecule has 0 bridgehead atoms. The first-order valence-corrected chi connectivity index (χ1v) is 6.83. The minimum absolute atomic E-state index is 0.00172. The molecule has 1 unspecified atom stereocenters. The summed E-state index contributed by atoms with van der Waals surface area (Å²) < 4.78 is 0. The summed E-state index contributed by atoms with van der Waals surface area (Å²) in [6.07, 6.45) is 2.23. The van der Waals surface area contributed by atoms with Crippen molar-refractivity contribution < 1.29 is 4.79 Å². The fraction of sp³-hybridized carbons (Fsp3) is 0.533. The predicted molar refractivity (Wildman–Crippen MR) is 81.2 cm³/mol. The zero-order valence-electron chi connectivity index (χ0n) is 12.4. The number of hydrogen-bond donors (Lipinski definition) is 2. The minimum Gasteiger partial charge on any atom is -0.398 e. The summed E-state index contributed by atoms with van der Waals surface area (Å²) in [7, 11) is 1.98. The highest BCUT2D eigenvalue weighted by atomic mass is 16.2. The van der Waals surface area contributed by atoms with Crippen LogP contribution in [-0.2, 0) is 4.79 Å². The van der Waals surface area contributed by atoms with Gasteiger partial charge in [-0.05, 0) is 51.6 Å². The molecule has 19 heavy (non-hydrogen) atoms. The van der Waals surface area contributed by atoms with E-state index in [9.17, 15) is 4.79 Å². The number of benzene rings is 1. The molecule has 0 aliphatic carbocycles. The quantitative estimate of drug-likeness (QED) is 0.776. The van der Waals surface area contributed by atoms with Crippen LogP contribution in [0.1, 0.15) is 32.3 Å². The number of nitrogens with zero attached hydrogens (tertiary/aromatic N) is 1. The summed E-state index contributed by atoms with van der Waals surface area (Å²) in [4.78, 5) is 14.2. The average Bonchev–Trinajstić information content (AvgIpc) is 2.39. The molecule has 0 aromatic heterocycles. The van der Waals surface area contributed by atoms with E-state index in [2.05, 4.69) is 17.1 Å². The van der Waals surface area contributed by atoms with Gasteiger partial charge in [-0.15, -0.1) is 0 Å². The largest absolute Gasteiger partial charge is 0.398 e. The predicted octanol–water partition coefficient (Wildman–Crippen LogP) is 2.64. The van der Waals surface area contributed by atoms with Gasteiger partial charge in [-0.3, -0.25) is 9.69 Å². The van der Waals surface area contributed by atoms with Crippen molar-refractivity contribution in [2.24, 2.45) is 0 Å². The van der Waals surface area contributed by atoms with Gasteiger partial charge in [0, 0.05) is 11.4 Å². The number of aryl methyl sites for hydroxylation is 1. The SMILES string of the molecule is CCCCN(C)C(C)C(=O)Nc1ccc(C)c(N)c1. The second-order valence-electron chi connectivity index (χ2n) is 5.07. The van der Waals surface area contributed by atoms with Gasteiger partial charge in [0.2, 0.25) is 5.91 Å². The molecule has 0 heterocycles. The van der Waals surface area contributed by atoms with Gasteiger partial charge in [0.05, 0.1) is 6.04 Å². The summed E-state index contributed by atoms with van der Waals surface area (Å²) in [6, 6.07) is 5.44. The van der Waals surface area contributed by atoms with E-state index >= 15 is 0 Å². The normalized spacial score (nSPS) is 12.5. The first kappa shape index (κ1) is 15.5. The Morgan fingerprint density at radius 1 is 1.47 bits per heavy atom. The molecule has 0 saturated carbocycles. The molecule has 1 rings (SSSR count). The lowest BCUT2D eigenvalue weighted by molar-refractivity contribution is -0.120. The van der Waals surface area contributed by atoms with Gasteiger partial charge in [-0.1, -0.05) is 19.4 Å². The summed E-state index contributed by atoms with van der Waals surface area (Å²) in [5.41, 5.74) is 8.31. The molecule has 0 aliphatic rings. The van der Waals surface area contributed by atoms with Crippen molar-refractivity contribution in [3.63, 3.8) is 0 Å². The zero-order chi connectivity index (χ0) is 14.4. The van der Waals surface area contributed by atoms with E-state index in [1.54, 1.807) is 6.07 Å². The molecule has 0 spiro atoms.